The number of hydrogen-bond acceptors (Lipinski definition) is 3. The van der Waals surface area contributed by atoms with Gasteiger partial charge in [-0.15, -0.1) is 0 Å². The topological polar surface area (TPSA) is 55.6 Å². The van der Waals surface area contributed by atoms with Gasteiger partial charge in [-0.2, -0.15) is 0 Å². The van der Waals surface area contributed by atoms with E-state index in [0.717, 1.165) is 5.56 Å². The van der Waals surface area contributed by atoms with Crippen LogP contribution in [0.4, 0.5) is 5.69 Å². The van der Waals surface area contributed by atoms with Crippen molar-refractivity contribution in [3.05, 3.63) is 29.3 Å². The quantitative estimate of drug-likeness (QED) is 0.771. The maximum atomic E-state index is 12.4. The lowest BCUT2D eigenvalue weighted by atomic mass is 10.1. The first kappa shape index (κ1) is 12.9. The Hall–Kier alpha value is -1.55. The van der Waals surface area contributed by atoms with Crippen LogP contribution in [0.15, 0.2) is 18.2 Å². The zero-order chi connectivity index (χ0) is 13.3. The minimum atomic E-state index is -0.00509. The molecule has 98 valence electrons. The number of carbonyl (C=O) groups is 1. The normalized spacial score (nSPS) is 24.1. The lowest BCUT2D eigenvalue weighted by Crippen LogP contribution is -2.48. The van der Waals surface area contributed by atoms with Crippen molar-refractivity contribution < 1.29 is 9.53 Å². The molecule has 2 atom stereocenters. The number of nitrogens with two attached hydrogens (primary N) is 1. The Kier molecular flexibility index (Phi) is 3.57. The molecule has 18 heavy (non-hydrogen) atoms. The van der Waals surface area contributed by atoms with E-state index in [4.69, 9.17) is 10.5 Å². The number of amides is 1. The summed E-state index contributed by atoms with van der Waals surface area (Å²) >= 11 is 0. The zero-order valence-electron chi connectivity index (χ0n) is 11.1. The standard InChI is InChI=1S/C14H20N2O2/c1-9-4-5-12(13(15)6-9)14(17)16-7-10(2)18-11(3)8-16/h4-6,10-11H,7-8,15H2,1-3H3. The number of morpholine rings is 1. The highest BCUT2D eigenvalue weighted by molar-refractivity contribution is 5.99. The monoisotopic (exact) mass is 248 g/mol. The Morgan fingerprint density at radius 1 is 1.33 bits per heavy atom. The maximum Gasteiger partial charge on any atom is 0.256 e. The van der Waals surface area contributed by atoms with Crippen LogP contribution in [-0.2, 0) is 4.74 Å². The van der Waals surface area contributed by atoms with Gasteiger partial charge in [-0.25, -0.2) is 0 Å². The number of rotatable bonds is 1. The van der Waals surface area contributed by atoms with E-state index >= 15 is 0 Å². The van der Waals surface area contributed by atoms with Gasteiger partial charge >= 0.3 is 0 Å². The molecular weight excluding hydrogens is 228 g/mol. The van der Waals surface area contributed by atoms with Crippen molar-refractivity contribution in [2.45, 2.75) is 33.0 Å². The lowest BCUT2D eigenvalue weighted by Gasteiger charge is -2.35. The third-order valence-corrected chi connectivity index (χ3v) is 3.14. The van der Waals surface area contributed by atoms with E-state index in [0.29, 0.717) is 24.3 Å². The molecule has 2 rings (SSSR count). The predicted octanol–water partition coefficient (Wildman–Crippen LogP) is 1.83. The summed E-state index contributed by atoms with van der Waals surface area (Å²) in [5, 5.41) is 0. The van der Waals surface area contributed by atoms with Gasteiger partial charge in [0.2, 0.25) is 0 Å². The number of anilines is 1. The van der Waals surface area contributed by atoms with Crippen LogP contribution in [0.2, 0.25) is 0 Å². The van der Waals surface area contributed by atoms with Gasteiger partial charge < -0.3 is 15.4 Å². The second-order valence-electron chi connectivity index (χ2n) is 5.06. The number of nitrogen functional groups attached to an aromatic ring is 1. The smallest absolute Gasteiger partial charge is 0.256 e. The molecular formula is C14H20N2O2. The van der Waals surface area contributed by atoms with Crippen molar-refractivity contribution in [3.8, 4) is 0 Å². The second-order valence-corrected chi connectivity index (χ2v) is 5.06. The van der Waals surface area contributed by atoms with Crippen LogP contribution < -0.4 is 5.73 Å². The van der Waals surface area contributed by atoms with Crippen LogP contribution in [0.5, 0.6) is 0 Å². The van der Waals surface area contributed by atoms with Crippen molar-refractivity contribution in [1.82, 2.24) is 4.90 Å². The van der Waals surface area contributed by atoms with Gasteiger partial charge in [0, 0.05) is 18.8 Å². The number of benzene rings is 1. The second kappa shape index (κ2) is 4.98. The SMILES string of the molecule is Cc1ccc(C(=O)N2CC(C)OC(C)C2)c(N)c1. The Labute approximate surface area is 108 Å². The molecule has 4 heteroatoms. The van der Waals surface area contributed by atoms with Gasteiger partial charge in [-0.05, 0) is 38.5 Å². The fourth-order valence-corrected chi connectivity index (χ4v) is 2.39. The van der Waals surface area contributed by atoms with Crippen LogP contribution in [0.25, 0.3) is 0 Å². The van der Waals surface area contributed by atoms with Gasteiger partial charge in [-0.3, -0.25) is 4.79 Å². The summed E-state index contributed by atoms with van der Waals surface area (Å²) in [6, 6.07) is 5.55. The molecule has 1 aliphatic rings. The molecule has 1 saturated heterocycles. The molecule has 2 N–H and O–H groups in total. The molecule has 0 spiro atoms. The van der Waals surface area contributed by atoms with Crippen molar-refractivity contribution >= 4 is 11.6 Å². The first-order valence-corrected chi connectivity index (χ1v) is 6.28. The van der Waals surface area contributed by atoms with Crippen LogP contribution in [0.3, 0.4) is 0 Å². The molecule has 1 aromatic carbocycles. The number of hydrogen-bond donors (Lipinski definition) is 1. The molecule has 0 aromatic heterocycles. The number of nitrogens with zero attached hydrogens (tertiary/aromatic N) is 1. The van der Waals surface area contributed by atoms with E-state index < -0.39 is 0 Å². The Morgan fingerprint density at radius 2 is 1.94 bits per heavy atom. The molecule has 0 radical (unpaired) electrons. The van der Waals surface area contributed by atoms with Crippen LogP contribution in [0.1, 0.15) is 29.8 Å². The highest BCUT2D eigenvalue weighted by Gasteiger charge is 2.27. The Morgan fingerprint density at radius 3 is 2.50 bits per heavy atom. The minimum Gasteiger partial charge on any atom is -0.398 e. The summed E-state index contributed by atoms with van der Waals surface area (Å²) in [5.41, 5.74) is 8.12. The first-order chi connectivity index (χ1) is 8.47. The van der Waals surface area contributed by atoms with E-state index in [1.807, 2.05) is 37.8 Å². The van der Waals surface area contributed by atoms with Crippen LogP contribution >= 0.6 is 0 Å². The minimum absolute atomic E-state index is 0.00509. The van der Waals surface area contributed by atoms with Gasteiger partial charge in [0.05, 0.1) is 17.8 Å². The number of aryl methyl sites for hydroxylation is 1. The van der Waals surface area contributed by atoms with Crippen molar-refractivity contribution in [1.29, 1.82) is 0 Å². The molecule has 2 unspecified atom stereocenters. The molecule has 1 aliphatic heterocycles. The average Bonchev–Trinajstić information content (AvgIpc) is 2.26. The molecule has 1 heterocycles. The number of carbonyl (C=O) groups excluding carboxylic acids is 1. The van der Waals surface area contributed by atoms with E-state index in [-0.39, 0.29) is 18.1 Å². The summed E-state index contributed by atoms with van der Waals surface area (Å²) in [6.45, 7) is 7.17. The summed E-state index contributed by atoms with van der Waals surface area (Å²) in [7, 11) is 0. The third kappa shape index (κ3) is 2.64. The molecule has 0 bridgehead atoms. The van der Waals surface area contributed by atoms with E-state index in [9.17, 15) is 4.79 Å². The molecule has 0 saturated carbocycles. The van der Waals surface area contributed by atoms with Gasteiger partial charge in [0.25, 0.3) is 5.91 Å². The fraction of sp³-hybridized carbons (Fsp3) is 0.500. The summed E-state index contributed by atoms with van der Waals surface area (Å²) in [6.07, 6.45) is 0.147. The van der Waals surface area contributed by atoms with Crippen molar-refractivity contribution in [3.63, 3.8) is 0 Å². The third-order valence-electron chi connectivity index (χ3n) is 3.14. The van der Waals surface area contributed by atoms with Crippen LogP contribution in [0, 0.1) is 6.92 Å². The number of ether oxygens (including phenoxy) is 1. The highest BCUT2D eigenvalue weighted by atomic mass is 16.5. The van der Waals surface area contributed by atoms with Crippen LogP contribution in [-0.4, -0.2) is 36.1 Å². The van der Waals surface area contributed by atoms with Gasteiger partial charge in [-0.1, -0.05) is 6.07 Å². The van der Waals surface area contributed by atoms with Crippen molar-refractivity contribution in [2.24, 2.45) is 0 Å². The molecule has 1 aromatic rings. The average molecular weight is 248 g/mol. The molecule has 4 nitrogen and oxygen atoms in total. The van der Waals surface area contributed by atoms with Crippen molar-refractivity contribution in [2.75, 3.05) is 18.8 Å². The van der Waals surface area contributed by atoms with E-state index in [2.05, 4.69) is 0 Å². The summed E-state index contributed by atoms with van der Waals surface area (Å²) < 4.78 is 5.63. The first-order valence-electron chi connectivity index (χ1n) is 6.28. The summed E-state index contributed by atoms with van der Waals surface area (Å²) in [4.78, 5) is 14.2. The van der Waals surface area contributed by atoms with Gasteiger partial charge in [0.15, 0.2) is 0 Å². The van der Waals surface area contributed by atoms with E-state index in [1.165, 1.54) is 0 Å². The molecule has 0 aliphatic carbocycles. The lowest BCUT2D eigenvalue weighted by molar-refractivity contribution is -0.0585. The maximum absolute atomic E-state index is 12.4. The molecule has 1 amide bonds. The largest absolute Gasteiger partial charge is 0.398 e. The van der Waals surface area contributed by atoms with Gasteiger partial charge in [0.1, 0.15) is 0 Å². The summed E-state index contributed by atoms with van der Waals surface area (Å²) in [5.74, 6) is -0.00509. The molecule has 1 fully saturated rings. The Bertz CT molecular complexity index is 449. The van der Waals surface area contributed by atoms with E-state index in [1.54, 1.807) is 6.07 Å². The fourth-order valence-electron chi connectivity index (χ4n) is 2.39. The Balaban J connectivity index is 2.20. The zero-order valence-corrected chi connectivity index (χ0v) is 11.1. The predicted molar refractivity (Wildman–Crippen MR) is 71.5 cm³/mol. The highest BCUT2D eigenvalue weighted by Crippen LogP contribution is 2.19.